The number of benzene rings is 2. The van der Waals surface area contributed by atoms with Crippen molar-refractivity contribution in [2.45, 2.75) is 12.7 Å². The van der Waals surface area contributed by atoms with Gasteiger partial charge in [0.05, 0.1) is 0 Å². The van der Waals surface area contributed by atoms with Crippen molar-refractivity contribution in [2.24, 2.45) is 0 Å². The monoisotopic (exact) mass is 263 g/mol. The van der Waals surface area contributed by atoms with Gasteiger partial charge in [-0.1, -0.05) is 41.9 Å². The summed E-state index contributed by atoms with van der Waals surface area (Å²) in [6, 6.07) is 16.2. The maximum Gasteiger partial charge on any atom is 0.0469 e. The smallest absolute Gasteiger partial charge is 0.0469 e. The van der Waals surface area contributed by atoms with Crippen molar-refractivity contribution >= 4 is 29.2 Å². The molecule has 0 aliphatic heterocycles. The minimum atomic E-state index is 0.783. The molecule has 0 aromatic heterocycles. The Balaban J connectivity index is 1.88. The molecule has 2 aromatic carbocycles. The van der Waals surface area contributed by atoms with Crippen molar-refractivity contribution in [3.63, 3.8) is 0 Å². The lowest BCUT2D eigenvalue weighted by Crippen LogP contribution is -1.91. The molecule has 0 aliphatic rings. The lowest BCUT2D eigenvalue weighted by Gasteiger charge is -2.08. The van der Waals surface area contributed by atoms with E-state index in [0.29, 0.717) is 0 Å². The average molecular weight is 264 g/mol. The van der Waals surface area contributed by atoms with Crippen molar-refractivity contribution in [3.8, 4) is 0 Å². The first-order valence-electron chi connectivity index (χ1n) is 5.43. The van der Waals surface area contributed by atoms with Gasteiger partial charge in [0.15, 0.2) is 0 Å². The third-order valence-electron chi connectivity index (χ3n) is 2.48. The zero-order chi connectivity index (χ0) is 12.1. The van der Waals surface area contributed by atoms with E-state index >= 15 is 0 Å². The second-order valence-electron chi connectivity index (χ2n) is 3.83. The molecule has 3 heteroatoms. The van der Waals surface area contributed by atoms with E-state index in [1.165, 1.54) is 16.8 Å². The van der Waals surface area contributed by atoms with Crippen molar-refractivity contribution in [1.82, 2.24) is 0 Å². The summed E-state index contributed by atoms with van der Waals surface area (Å²) in [7, 11) is 0. The van der Waals surface area contributed by atoms with Gasteiger partial charge in [0.25, 0.3) is 0 Å². The summed E-state index contributed by atoms with van der Waals surface area (Å²) < 4.78 is 3.36. The molecule has 2 rings (SSSR count). The maximum absolute atomic E-state index is 5.84. The second kappa shape index (κ2) is 5.99. The Bertz CT molecular complexity index is 482. The number of rotatable bonds is 4. The quantitative estimate of drug-likeness (QED) is 0.787. The molecule has 88 valence electrons. The number of aryl methyl sites for hydroxylation is 1. The number of nitrogens with one attached hydrogen (secondary N) is 1. The first kappa shape index (κ1) is 12.3. The van der Waals surface area contributed by atoms with Gasteiger partial charge in [0, 0.05) is 16.5 Å². The summed E-state index contributed by atoms with van der Waals surface area (Å²) in [5.74, 6) is 0.922. The summed E-state index contributed by atoms with van der Waals surface area (Å²) in [4.78, 5) is 0. The van der Waals surface area contributed by atoms with Crippen LogP contribution in [0.1, 0.15) is 11.1 Å². The van der Waals surface area contributed by atoms with E-state index in [4.69, 9.17) is 11.6 Å². The van der Waals surface area contributed by atoms with E-state index in [0.717, 1.165) is 10.8 Å². The predicted octanol–water partition coefficient (Wildman–Crippen LogP) is 4.91. The van der Waals surface area contributed by atoms with Crippen LogP contribution in [0, 0.1) is 6.92 Å². The van der Waals surface area contributed by atoms with Crippen LogP contribution in [0.2, 0.25) is 5.02 Å². The van der Waals surface area contributed by atoms with Gasteiger partial charge in [-0.3, -0.25) is 0 Å². The van der Waals surface area contributed by atoms with Crippen LogP contribution >= 0.6 is 23.5 Å². The first-order chi connectivity index (χ1) is 8.25. The van der Waals surface area contributed by atoms with E-state index in [2.05, 4.69) is 35.9 Å². The molecule has 0 saturated heterocycles. The van der Waals surface area contributed by atoms with E-state index in [-0.39, 0.29) is 0 Å². The largest absolute Gasteiger partial charge is 0.329 e. The van der Waals surface area contributed by atoms with Gasteiger partial charge in [0.2, 0.25) is 0 Å². The summed E-state index contributed by atoms with van der Waals surface area (Å²) in [6.07, 6.45) is 0. The molecule has 1 N–H and O–H groups in total. The predicted molar refractivity (Wildman–Crippen MR) is 77.5 cm³/mol. The summed E-state index contributed by atoms with van der Waals surface area (Å²) in [5, 5.41) is 0.783. The lowest BCUT2D eigenvalue weighted by molar-refractivity contribution is 1.41. The molecule has 0 unspecified atom stereocenters. The Morgan fingerprint density at radius 3 is 2.47 bits per heavy atom. The van der Waals surface area contributed by atoms with Crippen LogP contribution in [0.3, 0.4) is 0 Å². The average Bonchev–Trinajstić information content (AvgIpc) is 2.34. The molecule has 0 atom stereocenters. The fourth-order valence-corrected chi connectivity index (χ4v) is 2.41. The minimum Gasteiger partial charge on any atom is -0.329 e. The van der Waals surface area contributed by atoms with Crippen LogP contribution in [-0.2, 0) is 5.75 Å². The molecule has 0 heterocycles. The highest BCUT2D eigenvalue weighted by atomic mass is 35.5. The Morgan fingerprint density at radius 1 is 1.06 bits per heavy atom. The van der Waals surface area contributed by atoms with Crippen LogP contribution in [0.5, 0.6) is 0 Å². The fourth-order valence-electron chi connectivity index (χ4n) is 1.47. The van der Waals surface area contributed by atoms with Crippen LogP contribution in [0.4, 0.5) is 5.69 Å². The Morgan fingerprint density at radius 2 is 1.76 bits per heavy atom. The molecule has 0 amide bonds. The van der Waals surface area contributed by atoms with Crippen molar-refractivity contribution in [3.05, 3.63) is 64.7 Å². The van der Waals surface area contributed by atoms with Crippen molar-refractivity contribution < 1.29 is 0 Å². The zero-order valence-electron chi connectivity index (χ0n) is 9.61. The highest BCUT2D eigenvalue weighted by Crippen LogP contribution is 2.20. The van der Waals surface area contributed by atoms with Gasteiger partial charge in [-0.2, -0.15) is 0 Å². The van der Waals surface area contributed by atoms with Crippen LogP contribution < -0.4 is 4.72 Å². The highest BCUT2D eigenvalue weighted by molar-refractivity contribution is 7.99. The molecular formula is C14H14ClNS. The Kier molecular flexibility index (Phi) is 4.35. The van der Waals surface area contributed by atoms with E-state index in [1.54, 1.807) is 11.9 Å². The normalized spacial score (nSPS) is 10.2. The van der Waals surface area contributed by atoms with Crippen LogP contribution in [0.25, 0.3) is 0 Å². The van der Waals surface area contributed by atoms with E-state index < -0.39 is 0 Å². The van der Waals surface area contributed by atoms with Crippen LogP contribution in [-0.4, -0.2) is 0 Å². The molecule has 1 nitrogen and oxygen atoms in total. The standard InChI is InChI=1S/C14H14ClNS/c1-11-4-2-3-5-14(11)16-17-10-12-6-8-13(15)9-7-12/h2-9,16H,10H2,1H3. The maximum atomic E-state index is 5.84. The molecule has 0 aliphatic carbocycles. The van der Waals surface area contributed by atoms with Gasteiger partial charge in [-0.05, 0) is 48.2 Å². The number of hydrogen-bond donors (Lipinski definition) is 1. The number of hydrogen-bond acceptors (Lipinski definition) is 2. The second-order valence-corrected chi connectivity index (χ2v) is 5.05. The number of para-hydroxylation sites is 1. The van der Waals surface area contributed by atoms with Gasteiger partial charge in [0.1, 0.15) is 0 Å². The zero-order valence-corrected chi connectivity index (χ0v) is 11.2. The number of halogens is 1. The third-order valence-corrected chi connectivity index (χ3v) is 3.57. The topological polar surface area (TPSA) is 12.0 Å². The van der Waals surface area contributed by atoms with E-state index in [1.807, 2.05) is 24.3 Å². The molecule has 17 heavy (non-hydrogen) atoms. The van der Waals surface area contributed by atoms with E-state index in [9.17, 15) is 0 Å². The van der Waals surface area contributed by atoms with Gasteiger partial charge in [-0.15, -0.1) is 0 Å². The molecule has 2 aromatic rings. The van der Waals surface area contributed by atoms with Gasteiger partial charge < -0.3 is 4.72 Å². The fraction of sp³-hybridized carbons (Fsp3) is 0.143. The SMILES string of the molecule is Cc1ccccc1NSCc1ccc(Cl)cc1. The molecule has 0 fully saturated rings. The summed E-state index contributed by atoms with van der Waals surface area (Å²) >= 11 is 7.53. The van der Waals surface area contributed by atoms with Crippen molar-refractivity contribution in [2.75, 3.05) is 4.72 Å². The van der Waals surface area contributed by atoms with Crippen molar-refractivity contribution in [1.29, 1.82) is 0 Å². The Hall–Kier alpha value is -1.12. The first-order valence-corrected chi connectivity index (χ1v) is 6.80. The third kappa shape index (κ3) is 3.69. The minimum absolute atomic E-state index is 0.783. The Labute approximate surface area is 111 Å². The molecule has 0 bridgehead atoms. The highest BCUT2D eigenvalue weighted by Gasteiger charge is 1.97. The van der Waals surface area contributed by atoms with Crippen LogP contribution in [0.15, 0.2) is 48.5 Å². The molecule has 0 saturated carbocycles. The molecule has 0 radical (unpaired) electrons. The summed E-state index contributed by atoms with van der Waals surface area (Å²) in [6.45, 7) is 2.10. The van der Waals surface area contributed by atoms with Gasteiger partial charge >= 0.3 is 0 Å². The molecule has 0 spiro atoms. The summed E-state index contributed by atoms with van der Waals surface area (Å²) in [5.41, 5.74) is 3.70. The van der Waals surface area contributed by atoms with Gasteiger partial charge in [-0.25, -0.2) is 0 Å². The lowest BCUT2D eigenvalue weighted by atomic mass is 10.2. The number of anilines is 1. The molecular weight excluding hydrogens is 250 g/mol.